The van der Waals surface area contributed by atoms with Crippen LogP contribution in [0.25, 0.3) is 0 Å². The molecule has 4 heteroatoms. The molecule has 0 radical (unpaired) electrons. The van der Waals surface area contributed by atoms with Crippen LogP contribution in [0, 0.1) is 0 Å². The molecular formula is C5H6BClN2. The first-order valence-electron chi connectivity index (χ1n) is 2.62. The van der Waals surface area contributed by atoms with Gasteiger partial charge in [0.25, 0.3) is 0 Å². The zero-order chi connectivity index (χ0) is 6.69. The van der Waals surface area contributed by atoms with Gasteiger partial charge in [-0.25, -0.2) is 0 Å². The van der Waals surface area contributed by atoms with Crippen molar-refractivity contribution in [3.8, 4) is 0 Å². The van der Waals surface area contributed by atoms with Crippen LogP contribution in [0.3, 0.4) is 0 Å². The molecule has 1 aliphatic heterocycles. The van der Waals surface area contributed by atoms with Crippen molar-refractivity contribution >= 4 is 30.2 Å². The molecule has 0 saturated heterocycles. The molecule has 0 bridgehead atoms. The first-order chi connectivity index (χ1) is 4.33. The van der Waals surface area contributed by atoms with E-state index in [1.807, 2.05) is 6.08 Å². The fraction of sp³-hybridized carbons (Fsp3) is 0.200. The Morgan fingerprint density at radius 1 is 1.89 bits per heavy atom. The Hall–Kier alpha value is -0.565. The third kappa shape index (κ3) is 1.68. The Kier molecular flexibility index (Phi) is 2.06. The Morgan fingerprint density at radius 2 is 2.67 bits per heavy atom. The number of hydrogen-bond donors (Lipinski definition) is 1. The quantitative estimate of drug-likeness (QED) is 0.516. The van der Waals surface area contributed by atoms with Gasteiger partial charge in [-0.3, -0.25) is 0 Å². The number of hydrazone groups is 1. The number of nitrogens with one attached hydrogen (secondary N) is 1. The molecule has 0 fully saturated rings. The zero-order valence-corrected chi connectivity index (χ0v) is 5.60. The van der Waals surface area contributed by atoms with Crippen molar-refractivity contribution < 1.29 is 0 Å². The fourth-order valence-electron chi connectivity index (χ4n) is 0.531. The molecule has 2 nitrogen and oxygen atoms in total. The topological polar surface area (TPSA) is 24.4 Å². The molecule has 1 heterocycles. The molecule has 0 aromatic rings. The van der Waals surface area contributed by atoms with Gasteiger partial charge in [-0.05, 0) is 0 Å². The second-order valence-corrected chi connectivity index (χ2v) is 2.07. The summed E-state index contributed by atoms with van der Waals surface area (Å²) in [5.41, 5.74) is 2.77. The number of rotatable bonds is 1. The molecule has 1 atom stereocenters. The first kappa shape index (κ1) is 6.55. The van der Waals surface area contributed by atoms with Crippen LogP contribution in [0.2, 0.25) is 0 Å². The number of halogens is 1. The van der Waals surface area contributed by atoms with Crippen LogP contribution in [-0.4, -0.2) is 24.5 Å². The predicted molar refractivity (Wildman–Crippen MR) is 42.2 cm³/mol. The van der Waals surface area contributed by atoms with Crippen LogP contribution in [-0.2, 0) is 0 Å². The molecule has 9 heavy (non-hydrogen) atoms. The summed E-state index contributed by atoms with van der Waals surface area (Å²) in [5, 5.41) is 4.24. The minimum absolute atomic E-state index is 0.132. The van der Waals surface area contributed by atoms with E-state index >= 15 is 0 Å². The van der Waals surface area contributed by atoms with Crippen molar-refractivity contribution in [2.45, 2.75) is 5.94 Å². The molecule has 1 N–H and O–H groups in total. The van der Waals surface area contributed by atoms with Crippen LogP contribution in [0.5, 0.6) is 0 Å². The molecule has 0 spiro atoms. The Morgan fingerprint density at radius 3 is 3.11 bits per heavy atom. The van der Waals surface area contributed by atoms with Crippen LogP contribution in [0.1, 0.15) is 0 Å². The van der Waals surface area contributed by atoms with E-state index in [9.17, 15) is 0 Å². The molecule has 1 aliphatic rings. The summed E-state index contributed by atoms with van der Waals surface area (Å²) in [4.78, 5) is 0. The average Bonchev–Trinajstić information content (AvgIpc) is 1.90. The van der Waals surface area contributed by atoms with Gasteiger partial charge in [-0.15, -0.1) is 0 Å². The van der Waals surface area contributed by atoms with Crippen molar-refractivity contribution in [1.82, 2.24) is 5.43 Å². The first-order valence-corrected chi connectivity index (χ1v) is 3.00. The molecule has 0 amide bonds. The molecule has 46 valence electrons. The monoisotopic (exact) mass is 140 g/mol. The zero-order valence-electron chi connectivity index (χ0n) is 4.84. The van der Waals surface area contributed by atoms with Gasteiger partial charge in [0.05, 0.1) is 0 Å². The summed E-state index contributed by atoms with van der Waals surface area (Å²) < 4.78 is 0. The standard InChI is InChI=1S/C5H6BClN2/c1-6-4-2-3-5(7)9-8-4/h2-4,8H,1H2. The predicted octanol–water partition coefficient (Wildman–Crippen LogP) is 0.160. The van der Waals surface area contributed by atoms with Crippen LogP contribution < -0.4 is 5.43 Å². The molecule has 1 unspecified atom stereocenters. The summed E-state index contributed by atoms with van der Waals surface area (Å²) in [6, 6.07) is 0. The molecule has 0 aromatic heterocycles. The molecule has 1 rings (SSSR count). The third-order valence-electron chi connectivity index (χ3n) is 1.02. The van der Waals surface area contributed by atoms with E-state index in [4.69, 9.17) is 11.6 Å². The SMILES string of the molecule is C=BC1C=CC(Cl)=NN1. The summed E-state index contributed by atoms with van der Waals surface area (Å²) in [5.74, 6) is 0.132. The number of nitrogens with zero attached hydrogens (tertiary/aromatic N) is 1. The summed E-state index contributed by atoms with van der Waals surface area (Å²) in [6.45, 7) is 5.34. The van der Waals surface area contributed by atoms with Gasteiger partial charge in [-0.2, -0.15) is 0 Å². The fourth-order valence-corrected chi connectivity index (χ4v) is 0.652. The Balaban J connectivity index is 2.58. The van der Waals surface area contributed by atoms with Gasteiger partial charge in [0, 0.05) is 0 Å². The molecule has 0 aliphatic carbocycles. The van der Waals surface area contributed by atoms with Crippen molar-refractivity contribution in [3.63, 3.8) is 0 Å². The van der Waals surface area contributed by atoms with Crippen molar-refractivity contribution in [1.29, 1.82) is 0 Å². The average molecular weight is 140 g/mol. The minimum atomic E-state index is 0.132. The van der Waals surface area contributed by atoms with Gasteiger partial charge in [0.1, 0.15) is 0 Å². The molecule has 0 saturated carbocycles. The summed E-state index contributed by atoms with van der Waals surface area (Å²) >= 11 is 5.51. The van der Waals surface area contributed by atoms with Gasteiger partial charge in [0.15, 0.2) is 0 Å². The van der Waals surface area contributed by atoms with Gasteiger partial charge in [0.2, 0.25) is 0 Å². The summed E-state index contributed by atoms with van der Waals surface area (Å²) in [7, 11) is 0. The van der Waals surface area contributed by atoms with E-state index in [1.165, 1.54) is 0 Å². The second-order valence-electron chi connectivity index (χ2n) is 1.68. The van der Waals surface area contributed by atoms with E-state index in [1.54, 1.807) is 13.0 Å². The van der Waals surface area contributed by atoms with Crippen LogP contribution in [0.15, 0.2) is 17.3 Å². The van der Waals surface area contributed by atoms with Gasteiger partial charge < -0.3 is 0 Å². The van der Waals surface area contributed by atoms with Gasteiger partial charge >= 0.3 is 58.8 Å². The van der Waals surface area contributed by atoms with Crippen LogP contribution >= 0.6 is 11.6 Å². The Bertz CT molecular complexity index is 176. The third-order valence-corrected chi connectivity index (χ3v) is 1.23. The number of hydrogen-bond acceptors (Lipinski definition) is 2. The van der Waals surface area contributed by atoms with Crippen molar-refractivity contribution in [3.05, 3.63) is 12.2 Å². The van der Waals surface area contributed by atoms with Crippen molar-refractivity contribution in [2.75, 3.05) is 0 Å². The molecule has 0 aromatic carbocycles. The van der Waals surface area contributed by atoms with Gasteiger partial charge in [-0.1, -0.05) is 0 Å². The second kappa shape index (κ2) is 2.83. The van der Waals surface area contributed by atoms with Crippen LogP contribution in [0.4, 0.5) is 0 Å². The van der Waals surface area contributed by atoms with E-state index in [2.05, 4.69) is 17.0 Å². The summed E-state index contributed by atoms with van der Waals surface area (Å²) in [6.07, 6.45) is 3.63. The normalized spacial score (nSPS) is 24.1. The number of allylic oxidation sites excluding steroid dienone is 1. The molecular weight excluding hydrogens is 134 g/mol. The maximum atomic E-state index is 5.51. The van der Waals surface area contributed by atoms with E-state index in [0.29, 0.717) is 5.17 Å². The Labute approximate surface area is 59.5 Å². The maximum absolute atomic E-state index is 5.51. The van der Waals surface area contributed by atoms with E-state index in [-0.39, 0.29) is 5.94 Å². The van der Waals surface area contributed by atoms with E-state index in [0.717, 1.165) is 0 Å². The van der Waals surface area contributed by atoms with Crippen molar-refractivity contribution in [2.24, 2.45) is 5.10 Å². The van der Waals surface area contributed by atoms with E-state index < -0.39 is 0 Å².